The summed E-state index contributed by atoms with van der Waals surface area (Å²) >= 11 is 0. The van der Waals surface area contributed by atoms with Gasteiger partial charge in [0, 0.05) is 12.2 Å². The molecule has 0 aliphatic rings. The van der Waals surface area contributed by atoms with E-state index < -0.39 is 0 Å². The van der Waals surface area contributed by atoms with Crippen molar-refractivity contribution in [3.63, 3.8) is 0 Å². The van der Waals surface area contributed by atoms with Crippen LogP contribution >= 0.6 is 0 Å². The quantitative estimate of drug-likeness (QED) is 0.686. The average molecular weight is 166 g/mol. The first-order valence-corrected chi connectivity index (χ1v) is 4.02. The maximum absolute atomic E-state index is 8.72. The number of aromatic nitrogens is 1. The van der Waals surface area contributed by atoms with Gasteiger partial charge in [-0.15, -0.1) is 0 Å². The van der Waals surface area contributed by atoms with E-state index in [1.54, 1.807) is 6.20 Å². The van der Waals surface area contributed by atoms with E-state index in [-0.39, 0.29) is 12.6 Å². The summed E-state index contributed by atoms with van der Waals surface area (Å²) < 4.78 is 0. The number of hydrogen-bond acceptors (Lipinski definition) is 3. The Kier molecular flexibility index (Phi) is 3.19. The van der Waals surface area contributed by atoms with Gasteiger partial charge in [-0.25, -0.2) is 0 Å². The molecule has 0 radical (unpaired) electrons. The number of hydrogen-bond donors (Lipinski definition) is 2. The van der Waals surface area contributed by atoms with Crippen molar-refractivity contribution in [2.45, 2.75) is 26.0 Å². The highest BCUT2D eigenvalue weighted by Crippen LogP contribution is 2.02. The summed E-state index contributed by atoms with van der Waals surface area (Å²) in [5.74, 6) is 0. The fourth-order valence-corrected chi connectivity index (χ4v) is 1.04. The third kappa shape index (κ3) is 2.60. The standard InChI is InChI=1S/C9H14N2O/c1-7(10)4-8-2-3-9(6-12)11-5-8/h2-3,5,7,12H,4,6,10H2,1H3. The lowest BCUT2D eigenvalue weighted by molar-refractivity contribution is 0.277. The zero-order chi connectivity index (χ0) is 8.97. The van der Waals surface area contributed by atoms with Gasteiger partial charge in [-0.2, -0.15) is 0 Å². The van der Waals surface area contributed by atoms with E-state index in [9.17, 15) is 0 Å². The molecule has 1 rings (SSSR count). The number of aliphatic hydroxyl groups excluding tert-OH is 1. The van der Waals surface area contributed by atoms with Gasteiger partial charge in [0.15, 0.2) is 0 Å². The molecule has 0 spiro atoms. The smallest absolute Gasteiger partial charge is 0.0852 e. The minimum absolute atomic E-state index is 0.00153. The van der Waals surface area contributed by atoms with Crippen LogP contribution in [0, 0.1) is 0 Å². The minimum atomic E-state index is -0.00153. The molecule has 3 heteroatoms. The second-order valence-electron chi connectivity index (χ2n) is 3.00. The van der Waals surface area contributed by atoms with Crippen molar-refractivity contribution in [3.05, 3.63) is 29.6 Å². The van der Waals surface area contributed by atoms with Crippen molar-refractivity contribution in [1.82, 2.24) is 4.98 Å². The summed E-state index contributed by atoms with van der Waals surface area (Å²) in [5, 5.41) is 8.72. The zero-order valence-corrected chi connectivity index (χ0v) is 7.20. The molecule has 1 aromatic rings. The fourth-order valence-electron chi connectivity index (χ4n) is 1.04. The molecule has 1 aromatic heterocycles. The number of nitrogens with two attached hydrogens (primary N) is 1. The van der Waals surface area contributed by atoms with Crippen LogP contribution in [0.1, 0.15) is 18.2 Å². The number of aliphatic hydroxyl groups is 1. The van der Waals surface area contributed by atoms with Crippen molar-refractivity contribution >= 4 is 0 Å². The summed E-state index contributed by atoms with van der Waals surface area (Å²) in [7, 11) is 0. The lowest BCUT2D eigenvalue weighted by atomic mass is 10.1. The van der Waals surface area contributed by atoms with Crippen molar-refractivity contribution in [2.75, 3.05) is 0 Å². The highest BCUT2D eigenvalue weighted by molar-refractivity contribution is 5.14. The van der Waals surface area contributed by atoms with Gasteiger partial charge in [0.2, 0.25) is 0 Å². The highest BCUT2D eigenvalue weighted by Gasteiger charge is 1.98. The Morgan fingerprint density at radius 2 is 2.33 bits per heavy atom. The molecule has 3 N–H and O–H groups in total. The van der Waals surface area contributed by atoms with Gasteiger partial charge in [0.1, 0.15) is 0 Å². The Hall–Kier alpha value is -0.930. The predicted octanol–water partition coefficient (Wildman–Crippen LogP) is 0.464. The van der Waals surface area contributed by atoms with Crippen LogP contribution in [0.25, 0.3) is 0 Å². The van der Waals surface area contributed by atoms with Gasteiger partial charge in [-0.3, -0.25) is 4.98 Å². The molecule has 0 aliphatic carbocycles. The fraction of sp³-hybridized carbons (Fsp3) is 0.444. The van der Waals surface area contributed by atoms with Crippen LogP contribution in [0.4, 0.5) is 0 Å². The lowest BCUT2D eigenvalue weighted by Gasteiger charge is -2.04. The Labute approximate surface area is 72.2 Å². The third-order valence-corrected chi connectivity index (χ3v) is 1.61. The monoisotopic (exact) mass is 166 g/mol. The maximum Gasteiger partial charge on any atom is 0.0852 e. The van der Waals surface area contributed by atoms with Crippen LogP contribution in [-0.2, 0) is 13.0 Å². The number of pyridine rings is 1. The van der Waals surface area contributed by atoms with E-state index in [2.05, 4.69) is 4.98 Å². The van der Waals surface area contributed by atoms with Crippen LogP contribution in [0.5, 0.6) is 0 Å². The first kappa shape index (κ1) is 9.16. The van der Waals surface area contributed by atoms with Crippen LogP contribution in [-0.4, -0.2) is 16.1 Å². The van der Waals surface area contributed by atoms with E-state index >= 15 is 0 Å². The molecule has 0 amide bonds. The molecule has 66 valence electrons. The van der Waals surface area contributed by atoms with Crippen LogP contribution < -0.4 is 5.73 Å². The Morgan fingerprint density at radius 3 is 2.75 bits per heavy atom. The van der Waals surface area contributed by atoms with Gasteiger partial charge in [0.25, 0.3) is 0 Å². The van der Waals surface area contributed by atoms with Gasteiger partial charge in [-0.05, 0) is 25.0 Å². The van der Waals surface area contributed by atoms with E-state index in [0.29, 0.717) is 5.69 Å². The van der Waals surface area contributed by atoms with Crippen molar-refractivity contribution in [1.29, 1.82) is 0 Å². The summed E-state index contributed by atoms with van der Waals surface area (Å²) in [4.78, 5) is 4.04. The summed E-state index contributed by atoms with van der Waals surface area (Å²) in [5.41, 5.74) is 7.43. The van der Waals surface area contributed by atoms with Gasteiger partial charge in [0.05, 0.1) is 12.3 Å². The minimum Gasteiger partial charge on any atom is -0.390 e. The van der Waals surface area contributed by atoms with Gasteiger partial charge < -0.3 is 10.8 Å². The van der Waals surface area contributed by atoms with Crippen LogP contribution in [0.2, 0.25) is 0 Å². The predicted molar refractivity (Wildman–Crippen MR) is 47.5 cm³/mol. The second kappa shape index (κ2) is 4.18. The summed E-state index contributed by atoms with van der Waals surface area (Å²) in [6.07, 6.45) is 2.59. The molecule has 0 bridgehead atoms. The Morgan fingerprint density at radius 1 is 1.58 bits per heavy atom. The first-order valence-electron chi connectivity index (χ1n) is 4.02. The Bertz CT molecular complexity index is 231. The molecule has 12 heavy (non-hydrogen) atoms. The largest absolute Gasteiger partial charge is 0.390 e. The van der Waals surface area contributed by atoms with Gasteiger partial charge >= 0.3 is 0 Å². The molecule has 1 atom stereocenters. The second-order valence-corrected chi connectivity index (χ2v) is 3.00. The molecule has 0 fully saturated rings. The van der Waals surface area contributed by atoms with Crippen molar-refractivity contribution in [3.8, 4) is 0 Å². The van der Waals surface area contributed by atoms with Crippen molar-refractivity contribution in [2.24, 2.45) is 5.73 Å². The maximum atomic E-state index is 8.72. The topological polar surface area (TPSA) is 59.1 Å². The van der Waals surface area contributed by atoms with E-state index in [1.165, 1.54) is 0 Å². The summed E-state index contributed by atoms with van der Waals surface area (Å²) in [6.45, 7) is 1.96. The third-order valence-electron chi connectivity index (χ3n) is 1.61. The molecule has 0 saturated heterocycles. The van der Waals surface area contributed by atoms with Gasteiger partial charge in [-0.1, -0.05) is 6.07 Å². The molecule has 1 heterocycles. The number of rotatable bonds is 3. The number of nitrogens with zero attached hydrogens (tertiary/aromatic N) is 1. The SMILES string of the molecule is CC(N)Cc1ccc(CO)nc1. The van der Waals surface area contributed by atoms with E-state index in [4.69, 9.17) is 10.8 Å². The molecular formula is C9H14N2O. The Balaban J connectivity index is 2.65. The molecule has 1 unspecified atom stereocenters. The van der Waals surface area contributed by atoms with E-state index in [0.717, 1.165) is 12.0 Å². The molecule has 0 aliphatic heterocycles. The molecule has 3 nitrogen and oxygen atoms in total. The first-order chi connectivity index (χ1) is 5.72. The van der Waals surface area contributed by atoms with Crippen LogP contribution in [0.15, 0.2) is 18.3 Å². The van der Waals surface area contributed by atoms with Crippen LogP contribution in [0.3, 0.4) is 0 Å². The van der Waals surface area contributed by atoms with E-state index in [1.807, 2.05) is 19.1 Å². The molecule has 0 aromatic carbocycles. The van der Waals surface area contributed by atoms with Crippen molar-refractivity contribution < 1.29 is 5.11 Å². The average Bonchev–Trinajstić information content (AvgIpc) is 2.05. The lowest BCUT2D eigenvalue weighted by Crippen LogP contribution is -2.17. The normalized spacial score (nSPS) is 12.9. The molecular weight excluding hydrogens is 152 g/mol. The highest BCUT2D eigenvalue weighted by atomic mass is 16.3. The molecule has 0 saturated carbocycles. The summed E-state index contributed by atoms with van der Waals surface area (Å²) in [6, 6.07) is 3.92. The zero-order valence-electron chi connectivity index (χ0n) is 7.20.